The van der Waals surface area contributed by atoms with Gasteiger partial charge < -0.3 is 21.3 Å². The van der Waals surface area contributed by atoms with Gasteiger partial charge in [0.05, 0.1) is 28.4 Å². The standard InChI is InChI=1S/C22H18ClFN4O2S2/c23-14-6-2-4-8-16(14)26-22(31)28-10-9-13-17(11-28)32-21(18(13)19(25)29)27-20(30)12-5-1-3-7-15(12)24/h1-8H,9-11H2,(H2,25,29)(H,26,31)(H,27,30). The summed E-state index contributed by atoms with van der Waals surface area (Å²) in [5, 5.41) is 7.15. The maximum absolute atomic E-state index is 14.0. The highest BCUT2D eigenvalue weighted by Gasteiger charge is 2.29. The molecule has 4 N–H and O–H groups in total. The molecular formula is C22H18ClFN4O2S2. The highest BCUT2D eigenvalue weighted by molar-refractivity contribution is 7.80. The van der Waals surface area contributed by atoms with Crippen molar-refractivity contribution in [3.05, 3.63) is 80.9 Å². The fourth-order valence-corrected chi connectivity index (χ4v) is 5.21. The number of nitrogens with two attached hydrogens (primary N) is 1. The first-order chi connectivity index (χ1) is 15.3. The highest BCUT2D eigenvalue weighted by Crippen LogP contribution is 2.37. The highest BCUT2D eigenvalue weighted by atomic mass is 35.5. The van der Waals surface area contributed by atoms with Crippen LogP contribution >= 0.6 is 35.2 Å². The Balaban J connectivity index is 1.56. The number of anilines is 2. The Bertz CT molecular complexity index is 1230. The molecule has 6 nitrogen and oxygen atoms in total. The SMILES string of the molecule is NC(=O)c1c(NC(=O)c2ccccc2F)sc2c1CCN(C(=S)Nc1ccccc1Cl)C2. The Morgan fingerprint density at radius 1 is 1.12 bits per heavy atom. The van der Waals surface area contributed by atoms with E-state index in [0.717, 1.165) is 10.4 Å². The van der Waals surface area contributed by atoms with Gasteiger partial charge in [-0.25, -0.2) is 4.39 Å². The van der Waals surface area contributed by atoms with Crippen molar-refractivity contribution >= 4 is 62.8 Å². The molecule has 4 rings (SSSR count). The molecule has 32 heavy (non-hydrogen) atoms. The quantitative estimate of drug-likeness (QED) is 0.465. The maximum Gasteiger partial charge on any atom is 0.259 e. The normalized spacial score (nSPS) is 12.8. The van der Waals surface area contributed by atoms with E-state index in [-0.39, 0.29) is 11.1 Å². The summed E-state index contributed by atoms with van der Waals surface area (Å²) in [6.45, 7) is 0.993. The number of para-hydroxylation sites is 1. The molecule has 0 unspecified atom stereocenters. The summed E-state index contributed by atoms with van der Waals surface area (Å²) in [6, 6.07) is 12.9. The molecular weight excluding hydrogens is 471 g/mol. The molecule has 1 aromatic heterocycles. The monoisotopic (exact) mass is 488 g/mol. The van der Waals surface area contributed by atoms with Crippen LogP contribution in [0.1, 0.15) is 31.2 Å². The molecule has 0 saturated carbocycles. The van der Waals surface area contributed by atoms with Crippen LogP contribution in [0.25, 0.3) is 0 Å². The Labute approximate surface area is 198 Å². The van der Waals surface area contributed by atoms with Gasteiger partial charge in [0.15, 0.2) is 5.11 Å². The number of thiophene rings is 1. The van der Waals surface area contributed by atoms with Crippen molar-refractivity contribution in [1.82, 2.24) is 4.90 Å². The molecule has 1 aliphatic rings. The van der Waals surface area contributed by atoms with E-state index < -0.39 is 17.6 Å². The van der Waals surface area contributed by atoms with Crippen LogP contribution in [-0.4, -0.2) is 28.4 Å². The van der Waals surface area contributed by atoms with E-state index in [1.807, 2.05) is 23.1 Å². The maximum atomic E-state index is 14.0. The van der Waals surface area contributed by atoms with Crippen molar-refractivity contribution in [2.24, 2.45) is 5.73 Å². The third-order valence-electron chi connectivity index (χ3n) is 5.05. The van der Waals surface area contributed by atoms with Crippen molar-refractivity contribution in [3.63, 3.8) is 0 Å². The summed E-state index contributed by atoms with van der Waals surface area (Å²) < 4.78 is 14.0. The van der Waals surface area contributed by atoms with E-state index in [0.29, 0.717) is 40.3 Å². The summed E-state index contributed by atoms with van der Waals surface area (Å²) >= 11 is 13.0. The topological polar surface area (TPSA) is 87.5 Å². The number of nitrogens with one attached hydrogen (secondary N) is 2. The summed E-state index contributed by atoms with van der Waals surface area (Å²) in [5.74, 6) is -1.93. The molecule has 1 aliphatic heterocycles. The van der Waals surface area contributed by atoms with Crippen molar-refractivity contribution in [3.8, 4) is 0 Å². The Morgan fingerprint density at radius 3 is 2.56 bits per heavy atom. The zero-order valence-corrected chi connectivity index (χ0v) is 19.0. The summed E-state index contributed by atoms with van der Waals surface area (Å²) in [6.07, 6.45) is 0.518. The second-order valence-corrected chi connectivity index (χ2v) is 8.99. The molecule has 2 heterocycles. The lowest BCUT2D eigenvalue weighted by molar-refractivity contribution is 0.1000. The lowest BCUT2D eigenvalue weighted by Gasteiger charge is -2.29. The molecule has 3 aromatic rings. The number of carbonyl (C=O) groups is 2. The first-order valence-corrected chi connectivity index (χ1v) is 11.3. The molecule has 0 bridgehead atoms. The Hall–Kier alpha value is -3.01. The molecule has 164 valence electrons. The van der Waals surface area contributed by atoms with E-state index in [1.165, 1.54) is 29.5 Å². The van der Waals surface area contributed by atoms with Crippen LogP contribution in [-0.2, 0) is 13.0 Å². The molecule has 0 aliphatic carbocycles. The molecule has 0 spiro atoms. The number of fused-ring (bicyclic) bond motifs is 1. The van der Waals surface area contributed by atoms with Gasteiger partial charge in [-0.2, -0.15) is 0 Å². The largest absolute Gasteiger partial charge is 0.365 e. The van der Waals surface area contributed by atoms with E-state index in [9.17, 15) is 14.0 Å². The zero-order chi connectivity index (χ0) is 22.8. The summed E-state index contributed by atoms with van der Waals surface area (Å²) in [7, 11) is 0. The second kappa shape index (κ2) is 9.23. The van der Waals surface area contributed by atoms with Gasteiger partial charge in [-0.1, -0.05) is 35.9 Å². The minimum absolute atomic E-state index is 0.110. The number of amides is 2. The van der Waals surface area contributed by atoms with Gasteiger partial charge in [-0.05, 0) is 48.5 Å². The Kier molecular flexibility index (Phi) is 6.40. The number of thiocarbonyl (C=S) groups is 1. The van der Waals surface area contributed by atoms with Gasteiger partial charge in [0, 0.05) is 11.4 Å². The molecule has 0 saturated heterocycles. The number of benzene rings is 2. The number of rotatable bonds is 4. The number of hydrogen-bond donors (Lipinski definition) is 3. The van der Waals surface area contributed by atoms with Gasteiger partial charge in [-0.15, -0.1) is 11.3 Å². The average molecular weight is 489 g/mol. The number of primary amides is 1. The minimum atomic E-state index is -0.644. The van der Waals surface area contributed by atoms with Gasteiger partial charge in [0.25, 0.3) is 11.8 Å². The molecule has 0 radical (unpaired) electrons. The van der Waals surface area contributed by atoms with Gasteiger partial charge >= 0.3 is 0 Å². The third kappa shape index (κ3) is 4.45. The van der Waals surface area contributed by atoms with Crippen LogP contribution in [0.3, 0.4) is 0 Å². The number of nitrogens with zero attached hydrogens (tertiary/aromatic N) is 1. The Morgan fingerprint density at radius 2 is 1.84 bits per heavy atom. The summed E-state index contributed by atoms with van der Waals surface area (Å²) in [4.78, 5) is 27.6. The van der Waals surface area contributed by atoms with E-state index >= 15 is 0 Å². The number of carbonyl (C=O) groups excluding carboxylic acids is 2. The predicted octanol–water partition coefficient (Wildman–Crippen LogP) is 4.65. The van der Waals surface area contributed by atoms with E-state index in [2.05, 4.69) is 10.6 Å². The van der Waals surface area contributed by atoms with Crippen LogP contribution < -0.4 is 16.4 Å². The molecule has 0 fully saturated rings. The second-order valence-electron chi connectivity index (χ2n) is 7.09. The van der Waals surface area contributed by atoms with Crippen molar-refractivity contribution in [2.45, 2.75) is 13.0 Å². The average Bonchev–Trinajstić information content (AvgIpc) is 3.12. The number of hydrogen-bond acceptors (Lipinski definition) is 4. The minimum Gasteiger partial charge on any atom is -0.365 e. The first kappa shape index (κ1) is 22.2. The first-order valence-electron chi connectivity index (χ1n) is 9.66. The third-order valence-corrected chi connectivity index (χ3v) is 6.87. The van der Waals surface area contributed by atoms with Crippen molar-refractivity contribution in [1.29, 1.82) is 0 Å². The van der Waals surface area contributed by atoms with Crippen molar-refractivity contribution < 1.29 is 14.0 Å². The zero-order valence-electron chi connectivity index (χ0n) is 16.7. The molecule has 0 atom stereocenters. The van der Waals surface area contributed by atoms with Crippen molar-refractivity contribution in [2.75, 3.05) is 17.2 Å². The fourth-order valence-electron chi connectivity index (χ4n) is 3.50. The smallest absolute Gasteiger partial charge is 0.259 e. The van der Waals surface area contributed by atoms with Gasteiger partial charge in [0.1, 0.15) is 10.8 Å². The van der Waals surface area contributed by atoms with E-state index in [1.54, 1.807) is 12.1 Å². The van der Waals surface area contributed by atoms with Gasteiger partial charge in [-0.3, -0.25) is 9.59 Å². The van der Waals surface area contributed by atoms with Crippen LogP contribution in [0.4, 0.5) is 15.1 Å². The lowest BCUT2D eigenvalue weighted by Crippen LogP contribution is -2.38. The predicted molar refractivity (Wildman–Crippen MR) is 129 cm³/mol. The van der Waals surface area contributed by atoms with Crippen LogP contribution in [0.5, 0.6) is 0 Å². The summed E-state index contributed by atoms with van der Waals surface area (Å²) in [5.41, 5.74) is 7.25. The fraction of sp³-hybridized carbons (Fsp3) is 0.136. The molecule has 2 aromatic carbocycles. The van der Waals surface area contributed by atoms with Crippen LogP contribution in [0.15, 0.2) is 48.5 Å². The van der Waals surface area contributed by atoms with Crippen LogP contribution in [0, 0.1) is 5.82 Å². The molecule has 10 heteroatoms. The van der Waals surface area contributed by atoms with E-state index in [4.69, 9.17) is 29.6 Å². The van der Waals surface area contributed by atoms with Crippen LogP contribution in [0.2, 0.25) is 5.02 Å². The van der Waals surface area contributed by atoms with Gasteiger partial charge in [0.2, 0.25) is 0 Å². The number of halogens is 2. The lowest BCUT2D eigenvalue weighted by atomic mass is 10.0. The molecule has 2 amide bonds.